The number of aryl methyl sites for hydroxylation is 1. The molecule has 1 heterocycles. The van der Waals surface area contributed by atoms with Crippen LogP contribution in [0.2, 0.25) is 0 Å². The maximum atomic E-state index is 12.0. The molecule has 1 amide bonds. The summed E-state index contributed by atoms with van der Waals surface area (Å²) in [5.74, 6) is -1.73. The van der Waals surface area contributed by atoms with Crippen molar-refractivity contribution in [3.8, 4) is 0 Å². The number of carbonyl (C=O) groups excluding carboxylic acids is 2. The van der Waals surface area contributed by atoms with Crippen molar-refractivity contribution in [1.82, 2.24) is 15.5 Å². The minimum Gasteiger partial charge on any atom is -0.481 e. The van der Waals surface area contributed by atoms with Crippen molar-refractivity contribution < 1.29 is 28.8 Å². The molecular formula is C13H19N3O6. The van der Waals surface area contributed by atoms with Crippen LogP contribution >= 0.6 is 0 Å². The van der Waals surface area contributed by atoms with E-state index in [0.717, 1.165) is 0 Å². The number of rotatable bonds is 6. The van der Waals surface area contributed by atoms with Gasteiger partial charge < -0.3 is 19.7 Å². The van der Waals surface area contributed by atoms with Gasteiger partial charge in [-0.25, -0.2) is 4.79 Å². The van der Waals surface area contributed by atoms with Crippen LogP contribution in [-0.4, -0.2) is 44.7 Å². The van der Waals surface area contributed by atoms with Crippen LogP contribution in [0.1, 0.15) is 50.6 Å². The number of carbonyl (C=O) groups is 3. The number of aliphatic carboxylic acids is 1. The molecule has 9 nitrogen and oxygen atoms in total. The van der Waals surface area contributed by atoms with Gasteiger partial charge in [-0.1, -0.05) is 5.16 Å². The molecule has 0 aromatic carbocycles. The molecule has 0 aliphatic rings. The van der Waals surface area contributed by atoms with Crippen LogP contribution in [0.5, 0.6) is 0 Å². The summed E-state index contributed by atoms with van der Waals surface area (Å²) in [5.41, 5.74) is -0.678. The van der Waals surface area contributed by atoms with E-state index in [1.807, 2.05) is 0 Å². The maximum absolute atomic E-state index is 12.0. The molecule has 2 N–H and O–H groups in total. The van der Waals surface area contributed by atoms with E-state index in [0.29, 0.717) is 0 Å². The molecular weight excluding hydrogens is 294 g/mol. The third-order valence-corrected chi connectivity index (χ3v) is 2.37. The summed E-state index contributed by atoms with van der Waals surface area (Å²) in [6.45, 7) is 6.56. The second-order valence-corrected chi connectivity index (χ2v) is 5.64. The lowest BCUT2D eigenvalue weighted by Gasteiger charge is -2.21. The zero-order chi connectivity index (χ0) is 16.9. The van der Waals surface area contributed by atoms with Crippen molar-refractivity contribution in [2.75, 3.05) is 0 Å². The zero-order valence-corrected chi connectivity index (χ0v) is 12.9. The topological polar surface area (TPSA) is 132 Å². The normalized spacial score (nSPS) is 12.5. The monoisotopic (exact) mass is 313 g/mol. The first-order chi connectivity index (χ1) is 10.1. The molecule has 1 aromatic heterocycles. The number of nitrogens with one attached hydrogen (secondary N) is 1. The van der Waals surface area contributed by atoms with Crippen LogP contribution in [0.4, 0.5) is 4.79 Å². The lowest BCUT2D eigenvalue weighted by atomic mass is 10.2. The Hall–Kier alpha value is -2.45. The molecule has 0 unspecified atom stereocenters. The molecule has 0 fully saturated rings. The number of carboxylic acids is 1. The second kappa shape index (κ2) is 7.01. The SMILES string of the molecule is C[C@@H](NC(=O)OC(C)(C)C)C(=O)c1noc(CCC(=O)O)n1. The fraction of sp³-hybridized carbons (Fsp3) is 0.615. The molecule has 1 aromatic rings. The molecule has 0 bridgehead atoms. The summed E-state index contributed by atoms with van der Waals surface area (Å²) in [5, 5.41) is 14.4. The Balaban J connectivity index is 2.59. The highest BCUT2D eigenvalue weighted by Gasteiger charge is 2.25. The van der Waals surface area contributed by atoms with E-state index in [9.17, 15) is 14.4 Å². The number of hydrogen-bond acceptors (Lipinski definition) is 7. The number of hydrogen-bond donors (Lipinski definition) is 2. The zero-order valence-electron chi connectivity index (χ0n) is 12.9. The number of carboxylic acid groups (broad SMARTS) is 1. The highest BCUT2D eigenvalue weighted by atomic mass is 16.6. The molecule has 0 aliphatic heterocycles. The van der Waals surface area contributed by atoms with E-state index in [4.69, 9.17) is 14.4 Å². The van der Waals surface area contributed by atoms with Crippen LogP contribution in [0.15, 0.2) is 4.52 Å². The van der Waals surface area contributed by atoms with E-state index < -0.39 is 29.5 Å². The highest BCUT2D eigenvalue weighted by molar-refractivity contribution is 5.98. The van der Waals surface area contributed by atoms with Gasteiger partial charge in [0, 0.05) is 6.42 Å². The van der Waals surface area contributed by atoms with Gasteiger partial charge in [-0.2, -0.15) is 4.98 Å². The van der Waals surface area contributed by atoms with E-state index in [-0.39, 0.29) is 24.6 Å². The molecule has 22 heavy (non-hydrogen) atoms. The summed E-state index contributed by atoms with van der Waals surface area (Å²) < 4.78 is 9.82. The number of Topliss-reactive ketones (excluding diaryl/α,β-unsaturated/α-hetero) is 1. The first kappa shape index (κ1) is 17.6. The van der Waals surface area contributed by atoms with Crippen LogP contribution in [0.25, 0.3) is 0 Å². The largest absolute Gasteiger partial charge is 0.481 e. The third kappa shape index (κ3) is 5.90. The van der Waals surface area contributed by atoms with E-state index >= 15 is 0 Å². The smallest absolute Gasteiger partial charge is 0.408 e. The highest BCUT2D eigenvalue weighted by Crippen LogP contribution is 2.08. The first-order valence-corrected chi connectivity index (χ1v) is 6.66. The number of amides is 1. The van der Waals surface area contributed by atoms with Gasteiger partial charge >= 0.3 is 12.1 Å². The van der Waals surface area contributed by atoms with Gasteiger partial charge in [-0.05, 0) is 27.7 Å². The summed E-state index contributed by atoms with van der Waals surface area (Å²) in [4.78, 5) is 37.8. The van der Waals surface area contributed by atoms with E-state index in [1.165, 1.54) is 6.92 Å². The standard InChI is InChI=1S/C13H19N3O6/c1-7(14-12(20)21-13(2,3)4)10(19)11-15-8(22-16-11)5-6-9(17)18/h7H,5-6H2,1-4H3,(H,14,20)(H,17,18)/t7-/m1/s1. The molecule has 1 rings (SSSR count). The van der Waals surface area contributed by atoms with Gasteiger partial charge in [0.25, 0.3) is 0 Å². The summed E-state index contributed by atoms with van der Waals surface area (Å²) in [6, 6.07) is -0.903. The van der Waals surface area contributed by atoms with Gasteiger partial charge in [0.1, 0.15) is 5.60 Å². The van der Waals surface area contributed by atoms with Crippen molar-refractivity contribution in [1.29, 1.82) is 0 Å². The lowest BCUT2D eigenvalue weighted by Crippen LogP contribution is -2.42. The Morgan fingerprint density at radius 1 is 1.36 bits per heavy atom. The Kier molecular flexibility index (Phi) is 5.61. The second-order valence-electron chi connectivity index (χ2n) is 5.64. The average Bonchev–Trinajstić information content (AvgIpc) is 2.81. The average molecular weight is 313 g/mol. The first-order valence-electron chi connectivity index (χ1n) is 6.66. The Labute approximate surface area is 127 Å². The number of aromatic nitrogens is 2. The minimum absolute atomic E-state index is 0.0312. The van der Waals surface area contributed by atoms with Crippen LogP contribution in [0.3, 0.4) is 0 Å². The minimum atomic E-state index is -1.01. The third-order valence-electron chi connectivity index (χ3n) is 2.37. The number of ether oxygens (including phenoxy) is 1. The predicted octanol–water partition coefficient (Wildman–Crippen LogP) is 1.18. The molecule has 9 heteroatoms. The van der Waals surface area contributed by atoms with Crippen molar-refractivity contribution in [2.24, 2.45) is 0 Å². The molecule has 0 radical (unpaired) electrons. The molecule has 0 aliphatic carbocycles. The van der Waals surface area contributed by atoms with Crippen molar-refractivity contribution in [2.45, 2.75) is 52.2 Å². The lowest BCUT2D eigenvalue weighted by molar-refractivity contribution is -0.137. The summed E-state index contributed by atoms with van der Waals surface area (Å²) >= 11 is 0. The fourth-order valence-corrected chi connectivity index (χ4v) is 1.41. The Morgan fingerprint density at radius 3 is 2.55 bits per heavy atom. The van der Waals surface area contributed by atoms with Gasteiger partial charge in [0.05, 0.1) is 12.5 Å². The van der Waals surface area contributed by atoms with E-state index in [2.05, 4.69) is 15.5 Å². The van der Waals surface area contributed by atoms with Crippen LogP contribution < -0.4 is 5.32 Å². The maximum Gasteiger partial charge on any atom is 0.408 e. The molecule has 0 spiro atoms. The number of nitrogens with zero attached hydrogens (tertiary/aromatic N) is 2. The Morgan fingerprint density at radius 2 is 2.00 bits per heavy atom. The predicted molar refractivity (Wildman–Crippen MR) is 73.4 cm³/mol. The summed E-state index contributed by atoms with van der Waals surface area (Å²) in [7, 11) is 0. The van der Waals surface area contributed by atoms with Crippen LogP contribution in [-0.2, 0) is 16.0 Å². The van der Waals surface area contributed by atoms with Crippen LogP contribution in [0, 0.1) is 0 Å². The van der Waals surface area contributed by atoms with E-state index in [1.54, 1.807) is 20.8 Å². The van der Waals surface area contributed by atoms with Gasteiger partial charge in [-0.3, -0.25) is 9.59 Å². The van der Waals surface area contributed by atoms with Crippen molar-refractivity contribution >= 4 is 17.8 Å². The molecule has 0 saturated heterocycles. The van der Waals surface area contributed by atoms with Gasteiger partial charge in [-0.15, -0.1) is 0 Å². The quantitative estimate of drug-likeness (QED) is 0.748. The number of ketones is 1. The fourth-order valence-electron chi connectivity index (χ4n) is 1.41. The molecule has 1 atom stereocenters. The molecule has 122 valence electrons. The number of alkyl carbamates (subject to hydrolysis) is 1. The summed E-state index contributed by atoms with van der Waals surface area (Å²) in [6.07, 6.45) is -0.881. The molecule has 0 saturated carbocycles. The Bertz CT molecular complexity index is 560. The van der Waals surface area contributed by atoms with Crippen molar-refractivity contribution in [3.63, 3.8) is 0 Å². The van der Waals surface area contributed by atoms with Crippen molar-refractivity contribution in [3.05, 3.63) is 11.7 Å². The van der Waals surface area contributed by atoms with Gasteiger partial charge in [0.2, 0.25) is 17.5 Å². The van der Waals surface area contributed by atoms with Gasteiger partial charge in [0.15, 0.2) is 0 Å².